The van der Waals surface area contributed by atoms with E-state index in [1.165, 1.54) is 11.3 Å². The molecule has 1 N–H and O–H groups in total. The first kappa shape index (κ1) is 10.9. The molecule has 0 saturated heterocycles. The predicted octanol–water partition coefficient (Wildman–Crippen LogP) is 3.67. The summed E-state index contributed by atoms with van der Waals surface area (Å²) < 4.78 is 14.2. The van der Waals surface area contributed by atoms with Crippen LogP contribution in [0.5, 0.6) is 0 Å². The summed E-state index contributed by atoms with van der Waals surface area (Å²) in [6, 6.07) is 1.64. The van der Waals surface area contributed by atoms with E-state index < -0.39 is 11.8 Å². The molecular formula is C7H3Br2FO2S. The standard InChI is InChI=1S/C7H3Br2FO2S/c8-4-1-3(13-6(4)9)2-5(10)7(11)12/h1-2H,(H,11,12). The van der Waals surface area contributed by atoms with E-state index in [4.69, 9.17) is 5.11 Å². The van der Waals surface area contributed by atoms with Gasteiger partial charge in [0.15, 0.2) is 0 Å². The number of halogens is 3. The number of carboxylic acid groups (broad SMARTS) is 1. The number of thiophene rings is 1. The normalized spacial score (nSPS) is 11.8. The number of carboxylic acids is 1. The summed E-state index contributed by atoms with van der Waals surface area (Å²) in [5, 5.41) is 8.26. The van der Waals surface area contributed by atoms with Crippen molar-refractivity contribution < 1.29 is 14.3 Å². The molecule has 0 spiro atoms. The number of hydrogen-bond acceptors (Lipinski definition) is 2. The van der Waals surface area contributed by atoms with Crippen molar-refractivity contribution in [3.8, 4) is 0 Å². The second-order valence-electron chi connectivity index (χ2n) is 2.07. The quantitative estimate of drug-likeness (QED) is 0.841. The van der Waals surface area contributed by atoms with E-state index in [2.05, 4.69) is 31.9 Å². The predicted molar refractivity (Wildman–Crippen MR) is 56.4 cm³/mol. The van der Waals surface area contributed by atoms with Crippen LogP contribution in [0, 0.1) is 0 Å². The number of carbonyl (C=O) groups is 1. The Morgan fingerprint density at radius 1 is 1.62 bits per heavy atom. The lowest BCUT2D eigenvalue weighted by atomic mass is 10.4. The van der Waals surface area contributed by atoms with Gasteiger partial charge < -0.3 is 5.11 Å². The SMILES string of the molecule is O=C(O)C(F)=Cc1cc(Br)c(Br)s1. The Balaban J connectivity index is 2.98. The average molecular weight is 330 g/mol. The zero-order valence-corrected chi connectivity index (χ0v) is 10.0. The summed E-state index contributed by atoms with van der Waals surface area (Å²) >= 11 is 7.67. The first-order valence-corrected chi connectivity index (χ1v) is 5.46. The van der Waals surface area contributed by atoms with Crippen LogP contribution in [0.4, 0.5) is 4.39 Å². The van der Waals surface area contributed by atoms with Crippen LogP contribution in [0.2, 0.25) is 0 Å². The number of hydrogen-bond donors (Lipinski definition) is 1. The molecule has 6 heteroatoms. The van der Waals surface area contributed by atoms with Gasteiger partial charge in [-0.25, -0.2) is 4.79 Å². The van der Waals surface area contributed by atoms with Gasteiger partial charge in [-0.2, -0.15) is 4.39 Å². The average Bonchev–Trinajstić information content (AvgIpc) is 2.31. The van der Waals surface area contributed by atoms with Gasteiger partial charge in [0.25, 0.3) is 0 Å². The highest BCUT2D eigenvalue weighted by Crippen LogP contribution is 2.33. The molecule has 0 aromatic carbocycles. The number of aliphatic carboxylic acids is 1. The first-order valence-electron chi connectivity index (χ1n) is 3.06. The van der Waals surface area contributed by atoms with Gasteiger partial charge in [-0.3, -0.25) is 0 Å². The van der Waals surface area contributed by atoms with Gasteiger partial charge >= 0.3 is 5.97 Å². The van der Waals surface area contributed by atoms with Crippen LogP contribution in [0.25, 0.3) is 6.08 Å². The zero-order valence-electron chi connectivity index (χ0n) is 6.05. The molecule has 2 nitrogen and oxygen atoms in total. The molecule has 0 aliphatic heterocycles. The van der Waals surface area contributed by atoms with Gasteiger partial charge in [0, 0.05) is 9.35 Å². The topological polar surface area (TPSA) is 37.3 Å². The highest BCUT2D eigenvalue weighted by Gasteiger charge is 2.08. The fourth-order valence-corrected chi connectivity index (χ4v) is 2.64. The summed E-state index contributed by atoms with van der Waals surface area (Å²) in [7, 11) is 0. The monoisotopic (exact) mass is 328 g/mol. The van der Waals surface area contributed by atoms with Gasteiger partial charge in [-0.15, -0.1) is 11.3 Å². The maximum Gasteiger partial charge on any atom is 0.364 e. The highest BCUT2D eigenvalue weighted by atomic mass is 79.9. The minimum atomic E-state index is -1.55. The summed E-state index contributed by atoms with van der Waals surface area (Å²) in [5.41, 5.74) is 0. The van der Waals surface area contributed by atoms with Crippen LogP contribution in [0.1, 0.15) is 4.88 Å². The minimum absolute atomic E-state index is 0.540. The first-order chi connectivity index (χ1) is 6.00. The molecule has 1 rings (SSSR count). The van der Waals surface area contributed by atoms with Crippen molar-refractivity contribution in [3.05, 3.63) is 25.0 Å². The third-order valence-electron chi connectivity index (χ3n) is 1.14. The Hall–Kier alpha value is -0.200. The van der Waals surface area contributed by atoms with E-state index in [0.29, 0.717) is 4.88 Å². The van der Waals surface area contributed by atoms with Crippen LogP contribution in [0.3, 0.4) is 0 Å². The molecule has 70 valence electrons. The molecule has 13 heavy (non-hydrogen) atoms. The molecular weight excluding hydrogens is 327 g/mol. The molecule has 0 bridgehead atoms. The van der Waals surface area contributed by atoms with Gasteiger partial charge in [0.2, 0.25) is 5.83 Å². The smallest absolute Gasteiger partial charge is 0.364 e. The van der Waals surface area contributed by atoms with Gasteiger partial charge in [-0.05, 0) is 44.0 Å². The molecule has 0 atom stereocenters. The molecule has 0 saturated carbocycles. The largest absolute Gasteiger partial charge is 0.476 e. The van der Waals surface area contributed by atoms with Crippen LogP contribution in [0.15, 0.2) is 20.2 Å². The molecule has 0 amide bonds. The van der Waals surface area contributed by atoms with E-state index in [-0.39, 0.29) is 0 Å². The van der Waals surface area contributed by atoms with Crippen molar-refractivity contribution in [2.24, 2.45) is 0 Å². The third-order valence-corrected chi connectivity index (χ3v) is 4.34. The number of rotatable bonds is 2. The molecule has 1 aromatic heterocycles. The molecule has 0 aliphatic carbocycles. The van der Waals surface area contributed by atoms with Crippen molar-refractivity contribution >= 4 is 55.2 Å². The summed E-state index contributed by atoms with van der Waals surface area (Å²) in [4.78, 5) is 10.7. The molecule has 0 unspecified atom stereocenters. The van der Waals surface area contributed by atoms with Gasteiger partial charge in [-0.1, -0.05) is 0 Å². The molecule has 0 fully saturated rings. The Kier molecular flexibility index (Phi) is 3.63. The Bertz CT molecular complexity index is 353. The Morgan fingerprint density at radius 3 is 2.62 bits per heavy atom. The van der Waals surface area contributed by atoms with E-state index >= 15 is 0 Å². The molecule has 1 aromatic rings. The molecule has 0 aliphatic rings. The summed E-state index contributed by atoms with van der Waals surface area (Å²) in [6.45, 7) is 0. The second-order valence-corrected chi connectivity index (χ2v) is 5.32. The van der Waals surface area contributed by atoms with E-state index in [0.717, 1.165) is 14.3 Å². The summed E-state index contributed by atoms with van der Waals surface area (Å²) in [6.07, 6.45) is 0.975. The lowest BCUT2D eigenvalue weighted by Gasteiger charge is -1.85. The fraction of sp³-hybridized carbons (Fsp3) is 0. The fourth-order valence-electron chi connectivity index (χ4n) is 0.621. The van der Waals surface area contributed by atoms with E-state index in [1.54, 1.807) is 6.07 Å². The second kappa shape index (κ2) is 4.34. The van der Waals surface area contributed by atoms with E-state index in [9.17, 15) is 9.18 Å². The minimum Gasteiger partial charge on any atom is -0.476 e. The van der Waals surface area contributed by atoms with Gasteiger partial charge in [0.05, 0.1) is 3.79 Å². The summed E-state index contributed by atoms with van der Waals surface area (Å²) in [5.74, 6) is -2.72. The van der Waals surface area contributed by atoms with Crippen molar-refractivity contribution in [1.29, 1.82) is 0 Å². The highest BCUT2D eigenvalue weighted by molar-refractivity contribution is 9.13. The van der Waals surface area contributed by atoms with Crippen LogP contribution in [-0.2, 0) is 4.79 Å². The van der Waals surface area contributed by atoms with Crippen LogP contribution < -0.4 is 0 Å². The Morgan fingerprint density at radius 2 is 2.23 bits per heavy atom. The van der Waals surface area contributed by atoms with Crippen molar-refractivity contribution in [3.63, 3.8) is 0 Å². The molecule has 1 heterocycles. The van der Waals surface area contributed by atoms with Gasteiger partial charge in [0.1, 0.15) is 0 Å². The maximum absolute atomic E-state index is 12.6. The molecule has 0 radical (unpaired) electrons. The van der Waals surface area contributed by atoms with Crippen LogP contribution in [-0.4, -0.2) is 11.1 Å². The van der Waals surface area contributed by atoms with Crippen molar-refractivity contribution in [1.82, 2.24) is 0 Å². The van der Waals surface area contributed by atoms with E-state index in [1.807, 2.05) is 0 Å². The van der Waals surface area contributed by atoms with Crippen molar-refractivity contribution in [2.75, 3.05) is 0 Å². The lowest BCUT2D eigenvalue weighted by Crippen LogP contribution is -1.93. The third kappa shape index (κ3) is 2.89. The lowest BCUT2D eigenvalue weighted by molar-refractivity contribution is -0.134. The van der Waals surface area contributed by atoms with Crippen molar-refractivity contribution in [2.45, 2.75) is 0 Å². The van der Waals surface area contributed by atoms with Crippen LogP contribution >= 0.6 is 43.2 Å². The Labute approximate surface area is 94.3 Å². The maximum atomic E-state index is 12.6. The zero-order chi connectivity index (χ0) is 10.0.